The van der Waals surface area contributed by atoms with Crippen molar-refractivity contribution < 1.29 is 4.79 Å². The Morgan fingerprint density at radius 1 is 1.27 bits per heavy atom. The summed E-state index contributed by atoms with van der Waals surface area (Å²) in [7, 11) is 0. The van der Waals surface area contributed by atoms with Crippen LogP contribution in [0.3, 0.4) is 0 Å². The van der Waals surface area contributed by atoms with Gasteiger partial charge in [0.25, 0.3) is 0 Å². The molecule has 4 N–H and O–H groups in total. The quantitative estimate of drug-likeness (QED) is 0.523. The molecule has 3 aromatic heterocycles. The fraction of sp³-hybridized carbons (Fsp3) is 0.222. The van der Waals surface area contributed by atoms with Crippen LogP contribution in [-0.2, 0) is 11.3 Å². The van der Waals surface area contributed by atoms with Gasteiger partial charge in [-0.05, 0) is 24.6 Å². The fourth-order valence-corrected chi connectivity index (χ4v) is 3.54. The lowest BCUT2D eigenvalue weighted by Crippen LogP contribution is -2.29. The molecule has 26 heavy (non-hydrogen) atoms. The van der Waals surface area contributed by atoms with Crippen molar-refractivity contribution in [3.05, 3.63) is 36.7 Å². The van der Waals surface area contributed by atoms with Crippen molar-refractivity contribution in [2.24, 2.45) is 0 Å². The SMILES string of the molecule is Nc1nc2cc(-c3cc[nH]n3)ccc2c2nn(C[C@@H]3CCC(=O)N3)cc12. The number of H-pyrrole nitrogens is 1. The third kappa shape index (κ3) is 2.38. The number of carbonyl (C=O) groups excluding carboxylic acids is 1. The van der Waals surface area contributed by atoms with Gasteiger partial charge in [0, 0.05) is 35.8 Å². The van der Waals surface area contributed by atoms with Gasteiger partial charge in [-0.3, -0.25) is 14.6 Å². The van der Waals surface area contributed by atoms with Crippen molar-refractivity contribution >= 4 is 33.5 Å². The molecule has 130 valence electrons. The van der Waals surface area contributed by atoms with E-state index in [4.69, 9.17) is 10.8 Å². The van der Waals surface area contributed by atoms with Gasteiger partial charge in [-0.25, -0.2) is 4.98 Å². The number of nitrogens with zero attached hydrogens (tertiary/aromatic N) is 4. The first kappa shape index (κ1) is 14.9. The van der Waals surface area contributed by atoms with Crippen molar-refractivity contribution in [1.29, 1.82) is 0 Å². The molecule has 5 rings (SSSR count). The summed E-state index contributed by atoms with van der Waals surface area (Å²) in [6.07, 6.45) is 5.10. The van der Waals surface area contributed by atoms with Gasteiger partial charge < -0.3 is 11.1 Å². The molecule has 1 saturated heterocycles. The number of fused-ring (bicyclic) bond motifs is 3. The molecule has 4 aromatic rings. The average Bonchev–Trinajstić information content (AvgIpc) is 3.36. The average molecular weight is 347 g/mol. The Morgan fingerprint density at radius 2 is 2.19 bits per heavy atom. The topological polar surface area (TPSA) is 115 Å². The third-order valence-electron chi connectivity index (χ3n) is 4.82. The minimum Gasteiger partial charge on any atom is -0.383 e. The number of aromatic nitrogens is 5. The Kier molecular flexibility index (Phi) is 3.18. The normalized spacial score (nSPS) is 17.2. The van der Waals surface area contributed by atoms with Crippen LogP contribution in [0.25, 0.3) is 33.1 Å². The minimum absolute atomic E-state index is 0.101. The summed E-state index contributed by atoms with van der Waals surface area (Å²) in [6.45, 7) is 0.632. The van der Waals surface area contributed by atoms with Crippen LogP contribution in [0.5, 0.6) is 0 Å². The lowest BCUT2D eigenvalue weighted by molar-refractivity contribution is -0.119. The van der Waals surface area contributed by atoms with Crippen molar-refractivity contribution in [3.8, 4) is 11.3 Å². The van der Waals surface area contributed by atoms with E-state index in [0.29, 0.717) is 18.8 Å². The predicted molar refractivity (Wildman–Crippen MR) is 98.2 cm³/mol. The van der Waals surface area contributed by atoms with Crippen molar-refractivity contribution in [2.75, 3.05) is 5.73 Å². The fourth-order valence-electron chi connectivity index (χ4n) is 3.54. The number of carbonyl (C=O) groups is 1. The summed E-state index contributed by atoms with van der Waals surface area (Å²) in [5.41, 5.74) is 9.62. The molecular weight excluding hydrogens is 330 g/mol. The zero-order chi connectivity index (χ0) is 17.7. The zero-order valence-electron chi connectivity index (χ0n) is 13.9. The van der Waals surface area contributed by atoms with Crippen molar-refractivity contribution in [1.82, 2.24) is 30.3 Å². The highest BCUT2D eigenvalue weighted by Gasteiger charge is 2.22. The van der Waals surface area contributed by atoms with Crippen molar-refractivity contribution in [2.45, 2.75) is 25.4 Å². The number of pyridine rings is 1. The van der Waals surface area contributed by atoms with Crippen LogP contribution in [-0.4, -0.2) is 36.9 Å². The highest BCUT2D eigenvalue weighted by molar-refractivity contribution is 6.08. The summed E-state index contributed by atoms with van der Waals surface area (Å²) in [5.74, 6) is 0.553. The second-order valence-electron chi connectivity index (χ2n) is 6.60. The van der Waals surface area contributed by atoms with Gasteiger partial charge >= 0.3 is 0 Å². The molecule has 0 unspecified atom stereocenters. The van der Waals surface area contributed by atoms with E-state index in [1.807, 2.05) is 35.1 Å². The number of hydrogen-bond donors (Lipinski definition) is 3. The predicted octanol–water partition coefficient (Wildman–Crippen LogP) is 1.84. The van der Waals surface area contributed by atoms with E-state index >= 15 is 0 Å². The second kappa shape index (κ2) is 5.55. The molecule has 0 bridgehead atoms. The van der Waals surface area contributed by atoms with Crippen LogP contribution >= 0.6 is 0 Å². The maximum Gasteiger partial charge on any atom is 0.220 e. The van der Waals surface area contributed by atoms with Crippen LogP contribution in [0.15, 0.2) is 36.7 Å². The molecular formula is C18H17N7O. The number of benzene rings is 1. The Labute approximate surface area is 148 Å². The first-order chi connectivity index (χ1) is 12.7. The van der Waals surface area contributed by atoms with E-state index in [1.54, 1.807) is 6.20 Å². The molecule has 4 heterocycles. The number of hydrogen-bond acceptors (Lipinski definition) is 5. The lowest BCUT2D eigenvalue weighted by atomic mass is 10.1. The van der Waals surface area contributed by atoms with Gasteiger partial charge in [0.1, 0.15) is 11.3 Å². The smallest absolute Gasteiger partial charge is 0.220 e. The highest BCUT2D eigenvalue weighted by Crippen LogP contribution is 2.30. The monoisotopic (exact) mass is 347 g/mol. The molecule has 1 fully saturated rings. The zero-order valence-corrected chi connectivity index (χ0v) is 13.9. The molecule has 1 aliphatic rings. The van der Waals surface area contributed by atoms with Gasteiger partial charge in [0.2, 0.25) is 5.91 Å². The van der Waals surface area contributed by atoms with Gasteiger partial charge in [-0.2, -0.15) is 10.2 Å². The number of rotatable bonds is 3. The number of amides is 1. The molecule has 0 aliphatic carbocycles. The Morgan fingerprint density at radius 3 is 2.96 bits per heavy atom. The maximum absolute atomic E-state index is 11.4. The molecule has 1 aliphatic heterocycles. The van der Waals surface area contributed by atoms with E-state index in [2.05, 4.69) is 20.5 Å². The molecule has 1 amide bonds. The molecule has 8 nitrogen and oxygen atoms in total. The standard InChI is InChI=1S/C18H17N7O/c19-18-13-9-25(8-11-2-4-16(26)21-11)24-17(13)12-3-1-10(7-15(12)22-18)14-5-6-20-23-14/h1,3,5-7,9,11H,2,4,8H2,(H2,19,22)(H,20,23)(H,21,26)/t11-/m0/s1. The summed E-state index contributed by atoms with van der Waals surface area (Å²) in [5, 5.41) is 16.5. The molecule has 0 radical (unpaired) electrons. The van der Waals surface area contributed by atoms with E-state index in [0.717, 1.165) is 39.5 Å². The molecule has 8 heteroatoms. The van der Waals surface area contributed by atoms with E-state index in [-0.39, 0.29) is 11.9 Å². The largest absolute Gasteiger partial charge is 0.383 e. The third-order valence-corrected chi connectivity index (χ3v) is 4.82. The van der Waals surface area contributed by atoms with Crippen molar-refractivity contribution in [3.63, 3.8) is 0 Å². The molecule has 1 aromatic carbocycles. The first-order valence-electron chi connectivity index (χ1n) is 8.53. The van der Waals surface area contributed by atoms with E-state index in [9.17, 15) is 4.79 Å². The van der Waals surface area contributed by atoms with Crippen LogP contribution in [0.4, 0.5) is 5.82 Å². The number of nitrogen functional groups attached to an aromatic ring is 1. The summed E-state index contributed by atoms with van der Waals surface area (Å²) in [4.78, 5) is 15.9. The molecule has 1 atom stereocenters. The Balaban J connectivity index is 1.59. The summed E-state index contributed by atoms with van der Waals surface area (Å²) < 4.78 is 1.85. The minimum atomic E-state index is 0.101. The summed E-state index contributed by atoms with van der Waals surface area (Å²) >= 11 is 0. The van der Waals surface area contributed by atoms with Crippen LogP contribution < -0.4 is 11.1 Å². The van der Waals surface area contributed by atoms with E-state index in [1.165, 1.54) is 0 Å². The van der Waals surface area contributed by atoms with Gasteiger partial charge in [-0.15, -0.1) is 0 Å². The Hall–Kier alpha value is -3.42. The van der Waals surface area contributed by atoms with Gasteiger partial charge in [0.05, 0.1) is 23.1 Å². The number of nitrogens with two attached hydrogens (primary N) is 1. The summed E-state index contributed by atoms with van der Waals surface area (Å²) in [6, 6.07) is 8.00. The molecule has 0 spiro atoms. The van der Waals surface area contributed by atoms with Crippen LogP contribution in [0, 0.1) is 0 Å². The maximum atomic E-state index is 11.4. The van der Waals surface area contributed by atoms with E-state index < -0.39 is 0 Å². The number of anilines is 1. The first-order valence-corrected chi connectivity index (χ1v) is 8.53. The lowest BCUT2D eigenvalue weighted by Gasteiger charge is -2.08. The van der Waals surface area contributed by atoms with Gasteiger partial charge in [-0.1, -0.05) is 6.07 Å². The van der Waals surface area contributed by atoms with Crippen LogP contribution in [0.1, 0.15) is 12.8 Å². The number of aromatic amines is 1. The molecule has 0 saturated carbocycles. The highest BCUT2D eigenvalue weighted by atomic mass is 16.1. The van der Waals surface area contributed by atoms with Crippen LogP contribution in [0.2, 0.25) is 0 Å². The van der Waals surface area contributed by atoms with Gasteiger partial charge in [0.15, 0.2) is 0 Å². The second-order valence-corrected chi connectivity index (χ2v) is 6.60. The Bertz CT molecular complexity index is 1130. The number of nitrogens with one attached hydrogen (secondary N) is 2.